The van der Waals surface area contributed by atoms with Crippen LogP contribution in [0.1, 0.15) is 98.0 Å². The lowest BCUT2D eigenvalue weighted by molar-refractivity contribution is -0.148. The van der Waals surface area contributed by atoms with Gasteiger partial charge in [-0.3, -0.25) is 9.59 Å². The normalized spacial score (nSPS) is 11.4. The van der Waals surface area contributed by atoms with Crippen LogP contribution in [-0.4, -0.2) is 37.4 Å². The SMILES string of the molecule is CCCCCc1ccc2c(OCCCCC(=O)OC(C)C)c3ccccc3c(OCCCCC(=O)OC(C)C)c2c1. The zero-order valence-electron chi connectivity index (χ0n) is 25.6. The average molecular weight is 565 g/mol. The number of aryl methyl sites for hydroxylation is 1. The molecular formula is C35H48O6. The molecule has 3 rings (SSSR count). The van der Waals surface area contributed by atoms with E-state index in [-0.39, 0.29) is 24.1 Å². The summed E-state index contributed by atoms with van der Waals surface area (Å²) in [5.41, 5.74) is 1.29. The zero-order valence-corrected chi connectivity index (χ0v) is 25.6. The Morgan fingerprint density at radius 1 is 0.634 bits per heavy atom. The molecule has 224 valence electrons. The van der Waals surface area contributed by atoms with Crippen molar-refractivity contribution in [2.45, 2.75) is 111 Å². The van der Waals surface area contributed by atoms with Crippen LogP contribution in [0.25, 0.3) is 21.5 Å². The predicted octanol–water partition coefficient (Wildman–Crippen LogP) is 8.73. The van der Waals surface area contributed by atoms with Crippen LogP contribution in [0.3, 0.4) is 0 Å². The minimum Gasteiger partial charge on any atom is -0.492 e. The Bertz CT molecular complexity index is 1260. The summed E-state index contributed by atoms with van der Waals surface area (Å²) < 4.78 is 23.4. The van der Waals surface area contributed by atoms with Gasteiger partial charge in [0, 0.05) is 34.4 Å². The number of ether oxygens (including phenoxy) is 4. The number of hydrogen-bond donors (Lipinski definition) is 0. The molecule has 0 spiro atoms. The lowest BCUT2D eigenvalue weighted by Gasteiger charge is -2.19. The molecule has 6 nitrogen and oxygen atoms in total. The largest absolute Gasteiger partial charge is 0.492 e. The van der Waals surface area contributed by atoms with E-state index in [0.29, 0.717) is 26.1 Å². The minimum absolute atomic E-state index is 0.0922. The van der Waals surface area contributed by atoms with Crippen LogP contribution in [0.4, 0.5) is 0 Å². The predicted molar refractivity (Wildman–Crippen MR) is 166 cm³/mol. The molecule has 0 saturated carbocycles. The summed E-state index contributed by atoms with van der Waals surface area (Å²) in [6.45, 7) is 10.7. The average Bonchev–Trinajstić information content (AvgIpc) is 2.92. The van der Waals surface area contributed by atoms with Crippen molar-refractivity contribution >= 4 is 33.5 Å². The fraction of sp³-hybridized carbons (Fsp3) is 0.543. The molecule has 41 heavy (non-hydrogen) atoms. The lowest BCUT2D eigenvalue weighted by atomic mass is 9.97. The van der Waals surface area contributed by atoms with Gasteiger partial charge in [-0.15, -0.1) is 0 Å². The molecule has 0 aliphatic rings. The van der Waals surface area contributed by atoms with Gasteiger partial charge in [0.15, 0.2) is 0 Å². The van der Waals surface area contributed by atoms with Gasteiger partial charge >= 0.3 is 11.9 Å². The van der Waals surface area contributed by atoms with Crippen LogP contribution in [0.2, 0.25) is 0 Å². The van der Waals surface area contributed by atoms with Crippen LogP contribution in [0, 0.1) is 0 Å². The van der Waals surface area contributed by atoms with Gasteiger partial charge in [0.1, 0.15) is 11.5 Å². The smallest absolute Gasteiger partial charge is 0.306 e. The first kappa shape index (κ1) is 32.2. The second kappa shape index (κ2) is 16.9. The Morgan fingerprint density at radius 2 is 1.15 bits per heavy atom. The number of hydrogen-bond acceptors (Lipinski definition) is 6. The second-order valence-corrected chi connectivity index (χ2v) is 11.2. The lowest BCUT2D eigenvalue weighted by Crippen LogP contribution is -2.11. The monoisotopic (exact) mass is 564 g/mol. The molecule has 0 N–H and O–H groups in total. The first-order chi connectivity index (χ1) is 19.8. The highest BCUT2D eigenvalue weighted by Gasteiger charge is 2.17. The first-order valence-electron chi connectivity index (χ1n) is 15.4. The van der Waals surface area contributed by atoms with Gasteiger partial charge in [-0.25, -0.2) is 0 Å². The van der Waals surface area contributed by atoms with Crippen LogP contribution in [-0.2, 0) is 25.5 Å². The highest BCUT2D eigenvalue weighted by atomic mass is 16.5. The number of rotatable bonds is 18. The van der Waals surface area contributed by atoms with E-state index in [1.165, 1.54) is 18.4 Å². The summed E-state index contributed by atoms with van der Waals surface area (Å²) in [7, 11) is 0. The maximum absolute atomic E-state index is 11.9. The first-order valence-corrected chi connectivity index (χ1v) is 15.4. The maximum Gasteiger partial charge on any atom is 0.306 e. The standard InChI is InChI=1S/C35H48O6/c1-6-7-8-15-27-20-21-30-31(24-27)35(39-23-14-12-19-33(37)41-26(4)5)29-17-10-9-16-28(29)34(30)38-22-13-11-18-32(36)40-25(2)3/h9-10,16-17,20-21,24-26H,6-8,11-15,18-19,22-23H2,1-5H3. The van der Waals surface area contributed by atoms with Crippen LogP contribution in [0.5, 0.6) is 11.5 Å². The van der Waals surface area contributed by atoms with Crippen molar-refractivity contribution in [2.75, 3.05) is 13.2 Å². The van der Waals surface area contributed by atoms with Crippen molar-refractivity contribution in [1.82, 2.24) is 0 Å². The molecule has 0 bridgehead atoms. The summed E-state index contributed by atoms with van der Waals surface area (Å²) in [4.78, 5) is 23.8. The third-order valence-corrected chi connectivity index (χ3v) is 6.84. The number of esters is 2. The molecule has 0 aromatic heterocycles. The third-order valence-electron chi connectivity index (χ3n) is 6.84. The molecular weight excluding hydrogens is 516 g/mol. The fourth-order valence-corrected chi connectivity index (χ4v) is 4.93. The number of benzene rings is 3. The van der Waals surface area contributed by atoms with Gasteiger partial charge in [0.05, 0.1) is 25.4 Å². The van der Waals surface area contributed by atoms with E-state index in [2.05, 4.69) is 37.3 Å². The van der Waals surface area contributed by atoms with Gasteiger partial charge < -0.3 is 18.9 Å². The van der Waals surface area contributed by atoms with Crippen LogP contribution >= 0.6 is 0 Å². The maximum atomic E-state index is 11.9. The molecule has 0 fully saturated rings. The van der Waals surface area contributed by atoms with E-state index < -0.39 is 0 Å². The van der Waals surface area contributed by atoms with Crippen LogP contribution < -0.4 is 9.47 Å². The fourth-order valence-electron chi connectivity index (χ4n) is 4.93. The summed E-state index contributed by atoms with van der Waals surface area (Å²) in [6.07, 6.45) is 8.13. The van der Waals surface area contributed by atoms with E-state index in [9.17, 15) is 9.59 Å². The molecule has 0 heterocycles. The molecule has 3 aromatic rings. The molecule has 3 aromatic carbocycles. The topological polar surface area (TPSA) is 71.1 Å². The van der Waals surface area contributed by atoms with Gasteiger partial charge in [-0.1, -0.05) is 56.2 Å². The van der Waals surface area contributed by atoms with E-state index in [4.69, 9.17) is 18.9 Å². The highest BCUT2D eigenvalue weighted by Crippen LogP contribution is 2.43. The Kier molecular flexibility index (Phi) is 13.3. The quantitative estimate of drug-likeness (QED) is 0.0874. The molecule has 0 saturated heterocycles. The highest BCUT2D eigenvalue weighted by molar-refractivity contribution is 6.11. The van der Waals surface area contributed by atoms with E-state index in [1.807, 2.05) is 39.8 Å². The summed E-state index contributed by atoms with van der Waals surface area (Å²) in [5.74, 6) is 1.39. The van der Waals surface area contributed by atoms with Crippen molar-refractivity contribution in [1.29, 1.82) is 0 Å². The van der Waals surface area contributed by atoms with E-state index in [1.54, 1.807) is 0 Å². The summed E-state index contributed by atoms with van der Waals surface area (Å²) in [6, 6.07) is 14.8. The van der Waals surface area contributed by atoms with Crippen molar-refractivity contribution in [2.24, 2.45) is 0 Å². The van der Waals surface area contributed by atoms with Crippen LogP contribution in [0.15, 0.2) is 42.5 Å². The summed E-state index contributed by atoms with van der Waals surface area (Å²) in [5, 5.41) is 4.10. The Balaban J connectivity index is 1.81. The van der Waals surface area contributed by atoms with Crippen molar-refractivity contribution in [3.63, 3.8) is 0 Å². The number of carbonyl (C=O) groups is 2. The Labute approximate surface area is 245 Å². The molecule has 6 heteroatoms. The minimum atomic E-state index is -0.162. The van der Waals surface area contributed by atoms with E-state index >= 15 is 0 Å². The molecule has 0 unspecified atom stereocenters. The van der Waals surface area contributed by atoms with Crippen molar-refractivity contribution in [3.05, 3.63) is 48.0 Å². The molecule has 0 aliphatic carbocycles. The Morgan fingerprint density at radius 3 is 1.66 bits per heavy atom. The van der Waals surface area contributed by atoms with Gasteiger partial charge in [-0.2, -0.15) is 0 Å². The van der Waals surface area contributed by atoms with Gasteiger partial charge in [0.25, 0.3) is 0 Å². The molecule has 0 aliphatic heterocycles. The third kappa shape index (κ3) is 10.2. The molecule has 0 radical (unpaired) electrons. The van der Waals surface area contributed by atoms with Gasteiger partial charge in [-0.05, 0) is 77.8 Å². The van der Waals surface area contributed by atoms with Crippen molar-refractivity contribution in [3.8, 4) is 11.5 Å². The van der Waals surface area contributed by atoms with Crippen molar-refractivity contribution < 1.29 is 28.5 Å². The van der Waals surface area contributed by atoms with Gasteiger partial charge in [0.2, 0.25) is 0 Å². The number of unbranched alkanes of at least 4 members (excludes halogenated alkanes) is 4. The Hall–Kier alpha value is -3.28. The van der Waals surface area contributed by atoms with E-state index in [0.717, 1.165) is 71.6 Å². The number of fused-ring (bicyclic) bond motifs is 2. The summed E-state index contributed by atoms with van der Waals surface area (Å²) >= 11 is 0. The second-order valence-electron chi connectivity index (χ2n) is 11.2. The zero-order chi connectivity index (χ0) is 29.6. The molecule has 0 atom stereocenters. The molecule has 0 amide bonds. The number of carbonyl (C=O) groups excluding carboxylic acids is 2.